The molecule has 0 aliphatic heterocycles. The molecule has 178 valence electrons. The fourth-order valence-electron chi connectivity index (χ4n) is 4.30. The van der Waals surface area contributed by atoms with E-state index in [1.165, 1.54) is 12.8 Å². The van der Waals surface area contributed by atoms with E-state index in [0.29, 0.717) is 28.8 Å². The number of nitrogens with one attached hydrogen (secondary N) is 1. The minimum absolute atomic E-state index is 0.0302. The van der Waals surface area contributed by atoms with Gasteiger partial charge in [-0.25, -0.2) is 9.97 Å². The third-order valence-electron chi connectivity index (χ3n) is 6.50. The molecule has 5 aromatic rings. The monoisotopic (exact) mass is 475 g/mol. The lowest BCUT2D eigenvalue weighted by atomic mass is 10.1. The molecule has 1 N–H and O–H groups in total. The molecule has 0 saturated heterocycles. The standard InChI is InChI=1S/C28H25N7O/c1-19(20-7-3-2-4-8-20)35-18-30-33-27(35)24-11-6-12-26(31-24)32-28(36)22-9-5-10-23(15-22)34-16-25(29-17-34)21-13-14-21/h2-12,15-19,21H,13-14H2,1H3,(H,31,32,36)/t19-/m1/s1. The Labute approximate surface area is 208 Å². The van der Waals surface area contributed by atoms with Crippen molar-refractivity contribution >= 4 is 11.7 Å². The largest absolute Gasteiger partial charge is 0.307 e. The number of rotatable bonds is 7. The van der Waals surface area contributed by atoms with Crippen LogP contribution in [0, 0.1) is 0 Å². The summed E-state index contributed by atoms with van der Waals surface area (Å²) in [6.45, 7) is 2.09. The summed E-state index contributed by atoms with van der Waals surface area (Å²) in [6.07, 6.45) is 7.96. The molecule has 2 aromatic carbocycles. The van der Waals surface area contributed by atoms with Crippen LogP contribution in [0.2, 0.25) is 0 Å². The van der Waals surface area contributed by atoms with Crippen molar-refractivity contribution in [2.24, 2.45) is 0 Å². The molecule has 8 nitrogen and oxygen atoms in total. The predicted octanol–water partition coefficient (Wildman–Crippen LogP) is 5.26. The number of benzene rings is 2. The first kappa shape index (κ1) is 21.9. The summed E-state index contributed by atoms with van der Waals surface area (Å²) >= 11 is 0. The highest BCUT2D eigenvalue weighted by atomic mass is 16.1. The number of nitrogens with zero attached hydrogens (tertiary/aromatic N) is 6. The average molecular weight is 476 g/mol. The molecule has 1 amide bonds. The van der Waals surface area contributed by atoms with Gasteiger partial charge in [0.2, 0.25) is 0 Å². The van der Waals surface area contributed by atoms with Crippen LogP contribution >= 0.6 is 0 Å². The second-order valence-corrected chi connectivity index (χ2v) is 9.04. The number of imidazole rings is 1. The fourth-order valence-corrected chi connectivity index (χ4v) is 4.30. The second kappa shape index (κ2) is 9.22. The molecule has 6 rings (SSSR count). The number of carbonyl (C=O) groups is 1. The maximum Gasteiger partial charge on any atom is 0.256 e. The van der Waals surface area contributed by atoms with Gasteiger partial charge in [-0.05, 0) is 55.7 Å². The molecule has 3 heterocycles. The number of pyridine rings is 1. The van der Waals surface area contributed by atoms with Crippen molar-refractivity contribution in [3.05, 3.63) is 108 Å². The van der Waals surface area contributed by atoms with Gasteiger partial charge in [-0.15, -0.1) is 10.2 Å². The third-order valence-corrected chi connectivity index (χ3v) is 6.50. The normalized spacial score (nSPS) is 13.9. The van der Waals surface area contributed by atoms with Crippen LogP contribution in [0.4, 0.5) is 5.82 Å². The maximum atomic E-state index is 13.1. The molecule has 1 aliphatic rings. The first-order chi connectivity index (χ1) is 17.7. The summed E-state index contributed by atoms with van der Waals surface area (Å²) < 4.78 is 3.94. The van der Waals surface area contributed by atoms with E-state index in [-0.39, 0.29) is 11.9 Å². The van der Waals surface area contributed by atoms with Crippen LogP contribution in [0.5, 0.6) is 0 Å². The van der Waals surface area contributed by atoms with E-state index in [0.717, 1.165) is 16.9 Å². The van der Waals surface area contributed by atoms with Gasteiger partial charge in [-0.3, -0.25) is 4.79 Å². The minimum Gasteiger partial charge on any atom is -0.307 e. The van der Waals surface area contributed by atoms with E-state index in [1.807, 2.05) is 70.2 Å². The Bertz CT molecular complexity index is 1520. The number of aromatic nitrogens is 6. The first-order valence-electron chi connectivity index (χ1n) is 12.0. The molecule has 36 heavy (non-hydrogen) atoms. The Kier molecular flexibility index (Phi) is 5.61. The van der Waals surface area contributed by atoms with E-state index in [2.05, 4.69) is 44.5 Å². The molecule has 3 aromatic heterocycles. The molecular formula is C28H25N7O. The smallest absolute Gasteiger partial charge is 0.256 e. The van der Waals surface area contributed by atoms with Crippen molar-refractivity contribution in [2.45, 2.75) is 31.7 Å². The van der Waals surface area contributed by atoms with Crippen molar-refractivity contribution in [1.82, 2.24) is 29.3 Å². The van der Waals surface area contributed by atoms with Gasteiger partial charge >= 0.3 is 0 Å². The summed E-state index contributed by atoms with van der Waals surface area (Å²) in [7, 11) is 0. The molecule has 8 heteroatoms. The highest BCUT2D eigenvalue weighted by Gasteiger charge is 2.26. The van der Waals surface area contributed by atoms with Crippen molar-refractivity contribution in [1.29, 1.82) is 0 Å². The maximum absolute atomic E-state index is 13.1. The Balaban J connectivity index is 1.22. The molecule has 0 radical (unpaired) electrons. The lowest BCUT2D eigenvalue weighted by molar-refractivity contribution is 0.102. The summed E-state index contributed by atoms with van der Waals surface area (Å²) in [6, 6.07) is 23.2. The lowest BCUT2D eigenvalue weighted by Gasteiger charge is -2.16. The van der Waals surface area contributed by atoms with Crippen molar-refractivity contribution in [3.63, 3.8) is 0 Å². The lowest BCUT2D eigenvalue weighted by Crippen LogP contribution is -2.14. The van der Waals surface area contributed by atoms with Gasteiger partial charge in [-0.1, -0.05) is 42.5 Å². The summed E-state index contributed by atoms with van der Waals surface area (Å²) in [5.41, 5.74) is 4.33. The molecule has 0 bridgehead atoms. The van der Waals surface area contributed by atoms with E-state index in [9.17, 15) is 4.79 Å². The quantitative estimate of drug-likeness (QED) is 0.347. The average Bonchev–Trinajstić information content (AvgIpc) is 3.44. The predicted molar refractivity (Wildman–Crippen MR) is 137 cm³/mol. The minimum atomic E-state index is -0.233. The second-order valence-electron chi connectivity index (χ2n) is 9.04. The zero-order valence-corrected chi connectivity index (χ0v) is 19.8. The van der Waals surface area contributed by atoms with Crippen molar-refractivity contribution in [3.8, 4) is 17.2 Å². The molecule has 1 atom stereocenters. The number of hydrogen-bond donors (Lipinski definition) is 1. The number of carbonyl (C=O) groups excluding carboxylic acids is 1. The van der Waals surface area contributed by atoms with Gasteiger partial charge in [0.25, 0.3) is 5.91 Å². The van der Waals surface area contributed by atoms with Crippen LogP contribution in [0.3, 0.4) is 0 Å². The third kappa shape index (κ3) is 4.40. The van der Waals surface area contributed by atoms with Crippen LogP contribution in [-0.2, 0) is 0 Å². The van der Waals surface area contributed by atoms with Gasteiger partial charge in [0, 0.05) is 23.4 Å². The van der Waals surface area contributed by atoms with Crippen molar-refractivity contribution in [2.75, 3.05) is 5.32 Å². The van der Waals surface area contributed by atoms with Crippen LogP contribution in [-0.4, -0.2) is 35.2 Å². The Morgan fingerprint density at radius 2 is 1.83 bits per heavy atom. The molecule has 1 fully saturated rings. The summed E-state index contributed by atoms with van der Waals surface area (Å²) in [5.74, 6) is 1.43. The zero-order chi connectivity index (χ0) is 24.5. The summed E-state index contributed by atoms with van der Waals surface area (Å²) in [4.78, 5) is 22.2. The number of amides is 1. The van der Waals surface area contributed by atoms with Crippen LogP contribution < -0.4 is 5.32 Å². The highest BCUT2D eigenvalue weighted by molar-refractivity contribution is 6.04. The van der Waals surface area contributed by atoms with Gasteiger partial charge in [-0.2, -0.15) is 0 Å². The molecule has 0 spiro atoms. The van der Waals surface area contributed by atoms with Gasteiger partial charge in [0.15, 0.2) is 5.82 Å². The van der Waals surface area contributed by atoms with E-state index >= 15 is 0 Å². The SMILES string of the molecule is C[C@H](c1ccccc1)n1cnnc1-c1cccc(NC(=O)c2cccc(-n3cnc(C4CC4)c3)c2)n1. The molecule has 1 saturated carbocycles. The Morgan fingerprint density at radius 1 is 1.00 bits per heavy atom. The van der Waals surface area contributed by atoms with Gasteiger partial charge in [0.1, 0.15) is 17.8 Å². The van der Waals surface area contributed by atoms with Crippen molar-refractivity contribution < 1.29 is 4.79 Å². The molecular weight excluding hydrogens is 450 g/mol. The van der Waals surface area contributed by atoms with Gasteiger partial charge < -0.3 is 14.5 Å². The van der Waals surface area contributed by atoms with Crippen LogP contribution in [0.15, 0.2) is 91.6 Å². The van der Waals surface area contributed by atoms with Crippen LogP contribution in [0.1, 0.15) is 53.3 Å². The highest BCUT2D eigenvalue weighted by Crippen LogP contribution is 2.39. The number of anilines is 1. The zero-order valence-electron chi connectivity index (χ0n) is 19.8. The molecule has 0 unspecified atom stereocenters. The number of hydrogen-bond acceptors (Lipinski definition) is 5. The Hall–Kier alpha value is -4.59. The van der Waals surface area contributed by atoms with Crippen LogP contribution in [0.25, 0.3) is 17.2 Å². The fraction of sp³-hybridized carbons (Fsp3) is 0.179. The Morgan fingerprint density at radius 3 is 2.67 bits per heavy atom. The molecule has 1 aliphatic carbocycles. The summed E-state index contributed by atoms with van der Waals surface area (Å²) in [5, 5.41) is 11.3. The van der Waals surface area contributed by atoms with Gasteiger partial charge in [0.05, 0.1) is 18.1 Å². The van der Waals surface area contributed by atoms with E-state index in [1.54, 1.807) is 18.5 Å². The topological polar surface area (TPSA) is 90.5 Å². The van der Waals surface area contributed by atoms with E-state index in [4.69, 9.17) is 0 Å². The van der Waals surface area contributed by atoms with E-state index < -0.39 is 0 Å². The first-order valence-corrected chi connectivity index (χ1v) is 12.0.